The third kappa shape index (κ3) is 5.21. The minimum atomic E-state index is 1.12. The summed E-state index contributed by atoms with van der Waals surface area (Å²) in [5.74, 6) is 0. The summed E-state index contributed by atoms with van der Waals surface area (Å²) >= 11 is 3.74. The van der Waals surface area contributed by atoms with Crippen LogP contribution in [0.3, 0.4) is 0 Å². The number of rotatable bonds is 6. The number of nitrogens with zero attached hydrogens (tertiary/aromatic N) is 1. The molecule has 0 aliphatic carbocycles. The number of anilines is 3. The Morgan fingerprint density at radius 3 is 1.65 bits per heavy atom. The van der Waals surface area contributed by atoms with Crippen molar-refractivity contribution in [2.75, 3.05) is 4.90 Å². The molecule has 0 saturated heterocycles. The third-order valence-corrected chi connectivity index (χ3v) is 12.2. The molecule has 51 heavy (non-hydrogen) atoms. The van der Waals surface area contributed by atoms with Gasteiger partial charge in [-0.3, -0.25) is 0 Å². The van der Waals surface area contributed by atoms with Gasteiger partial charge in [-0.1, -0.05) is 140 Å². The highest BCUT2D eigenvalue weighted by atomic mass is 32.1. The van der Waals surface area contributed by atoms with Crippen molar-refractivity contribution in [3.8, 4) is 33.4 Å². The molecule has 0 N–H and O–H groups in total. The third-order valence-electron chi connectivity index (χ3n) is 9.89. The quantitative estimate of drug-likeness (QED) is 0.168. The maximum Gasteiger partial charge on any atom is 0.0640 e. The average Bonchev–Trinajstić information content (AvgIpc) is 3.78. The van der Waals surface area contributed by atoms with E-state index >= 15 is 0 Å². The second kappa shape index (κ2) is 12.4. The molecule has 0 radical (unpaired) electrons. The summed E-state index contributed by atoms with van der Waals surface area (Å²) in [5.41, 5.74) is 10.7. The zero-order valence-electron chi connectivity index (χ0n) is 27.7. The Morgan fingerprint density at radius 1 is 0.314 bits per heavy atom. The molecule has 0 atom stereocenters. The highest BCUT2D eigenvalue weighted by Crippen LogP contribution is 2.47. The molecule has 1 nitrogen and oxygen atoms in total. The van der Waals surface area contributed by atoms with E-state index < -0.39 is 0 Å². The summed E-state index contributed by atoms with van der Waals surface area (Å²) in [6, 6.07) is 68.7. The largest absolute Gasteiger partial charge is 0.309 e. The second-order valence-electron chi connectivity index (χ2n) is 12.9. The van der Waals surface area contributed by atoms with Crippen LogP contribution in [0.25, 0.3) is 73.7 Å². The van der Waals surface area contributed by atoms with Crippen molar-refractivity contribution in [1.82, 2.24) is 0 Å². The Balaban J connectivity index is 1.20. The number of fused-ring (bicyclic) bond motifs is 6. The minimum Gasteiger partial charge on any atom is -0.309 e. The topological polar surface area (TPSA) is 3.24 Å². The van der Waals surface area contributed by atoms with Crippen LogP contribution in [0.5, 0.6) is 0 Å². The summed E-state index contributed by atoms with van der Waals surface area (Å²) < 4.78 is 5.21. The lowest BCUT2D eigenvalue weighted by Crippen LogP contribution is -2.10. The van der Waals surface area contributed by atoms with Gasteiger partial charge in [-0.05, 0) is 81.9 Å². The van der Waals surface area contributed by atoms with Gasteiger partial charge < -0.3 is 4.90 Å². The standard InChI is InChI=1S/C48H31NS2/c1-3-12-32(13-4-1)33-22-25-36(26-23-33)49(44-19-11-18-42-40-17-8-10-21-46(40)51-48(42)44)37-27-29-38(34-14-5-2-6-15-34)43(31-37)35-24-28-41-39-16-7-9-20-45(39)50-47(41)30-35/h1-31H. The molecule has 240 valence electrons. The Kier molecular flexibility index (Phi) is 7.26. The molecule has 0 unspecified atom stereocenters. The van der Waals surface area contributed by atoms with Crippen LogP contribution in [0.15, 0.2) is 188 Å². The predicted molar refractivity (Wildman–Crippen MR) is 223 cm³/mol. The van der Waals surface area contributed by atoms with Crippen LogP contribution in [-0.2, 0) is 0 Å². The SMILES string of the molecule is c1ccc(-c2ccc(N(c3ccc(-c4ccccc4)c(-c4ccc5c(c4)sc4ccccc45)c3)c3cccc4c3sc3ccccc34)cc2)cc1. The number of benzene rings is 8. The fraction of sp³-hybridized carbons (Fsp3) is 0. The van der Waals surface area contributed by atoms with Gasteiger partial charge in [0, 0.05) is 47.0 Å². The van der Waals surface area contributed by atoms with E-state index in [9.17, 15) is 0 Å². The number of hydrogen-bond acceptors (Lipinski definition) is 3. The van der Waals surface area contributed by atoms with Crippen LogP contribution in [0.2, 0.25) is 0 Å². The molecule has 0 aliphatic heterocycles. The number of thiophene rings is 2. The first-order valence-electron chi connectivity index (χ1n) is 17.3. The molecular formula is C48H31NS2. The molecule has 8 aromatic carbocycles. The van der Waals surface area contributed by atoms with Crippen LogP contribution < -0.4 is 4.90 Å². The highest BCUT2D eigenvalue weighted by Gasteiger charge is 2.20. The highest BCUT2D eigenvalue weighted by molar-refractivity contribution is 7.26. The van der Waals surface area contributed by atoms with Crippen molar-refractivity contribution in [3.63, 3.8) is 0 Å². The molecule has 10 aromatic rings. The van der Waals surface area contributed by atoms with Crippen LogP contribution in [-0.4, -0.2) is 0 Å². The summed E-state index contributed by atoms with van der Waals surface area (Å²) in [5, 5.41) is 5.22. The minimum absolute atomic E-state index is 1.12. The predicted octanol–water partition coefficient (Wildman–Crippen LogP) is 14.9. The van der Waals surface area contributed by atoms with Crippen LogP contribution in [0.1, 0.15) is 0 Å². The lowest BCUT2D eigenvalue weighted by Gasteiger charge is -2.27. The van der Waals surface area contributed by atoms with Crippen molar-refractivity contribution in [2.45, 2.75) is 0 Å². The summed E-state index contributed by atoms with van der Waals surface area (Å²) in [7, 11) is 0. The monoisotopic (exact) mass is 685 g/mol. The van der Waals surface area contributed by atoms with Gasteiger partial charge in [0.1, 0.15) is 0 Å². The van der Waals surface area contributed by atoms with Gasteiger partial charge in [-0.2, -0.15) is 0 Å². The normalized spacial score (nSPS) is 11.5. The lowest BCUT2D eigenvalue weighted by atomic mass is 9.93. The van der Waals surface area contributed by atoms with Gasteiger partial charge >= 0.3 is 0 Å². The first-order chi connectivity index (χ1) is 25.3. The molecule has 2 heterocycles. The molecular weight excluding hydrogens is 655 g/mol. The molecule has 2 aromatic heterocycles. The van der Waals surface area contributed by atoms with E-state index in [1.54, 1.807) is 0 Å². The summed E-state index contributed by atoms with van der Waals surface area (Å²) in [6.07, 6.45) is 0. The molecule has 0 amide bonds. The van der Waals surface area contributed by atoms with E-state index in [0.29, 0.717) is 0 Å². The van der Waals surface area contributed by atoms with E-state index in [2.05, 4.69) is 193 Å². The summed E-state index contributed by atoms with van der Waals surface area (Å²) in [4.78, 5) is 2.45. The Hall–Kier alpha value is -6.00. The zero-order chi connectivity index (χ0) is 33.7. The maximum absolute atomic E-state index is 2.45. The van der Waals surface area contributed by atoms with Gasteiger partial charge in [0.05, 0.1) is 10.4 Å². The van der Waals surface area contributed by atoms with Gasteiger partial charge in [-0.15, -0.1) is 22.7 Å². The van der Waals surface area contributed by atoms with Crippen LogP contribution in [0.4, 0.5) is 17.1 Å². The smallest absolute Gasteiger partial charge is 0.0640 e. The zero-order valence-corrected chi connectivity index (χ0v) is 29.3. The molecule has 0 aliphatic rings. The van der Waals surface area contributed by atoms with E-state index in [0.717, 1.165) is 11.4 Å². The van der Waals surface area contributed by atoms with Crippen molar-refractivity contribution in [1.29, 1.82) is 0 Å². The molecule has 0 spiro atoms. The molecule has 10 rings (SSSR count). The van der Waals surface area contributed by atoms with Gasteiger partial charge in [0.15, 0.2) is 0 Å². The average molecular weight is 686 g/mol. The van der Waals surface area contributed by atoms with Crippen molar-refractivity contribution in [2.24, 2.45) is 0 Å². The van der Waals surface area contributed by atoms with Crippen molar-refractivity contribution >= 4 is 80.1 Å². The Morgan fingerprint density at radius 2 is 0.882 bits per heavy atom. The van der Waals surface area contributed by atoms with Crippen molar-refractivity contribution in [3.05, 3.63) is 188 Å². The van der Waals surface area contributed by atoms with Gasteiger partial charge in [0.2, 0.25) is 0 Å². The molecule has 0 fully saturated rings. The first-order valence-corrected chi connectivity index (χ1v) is 18.9. The Labute approximate surface area is 304 Å². The second-order valence-corrected chi connectivity index (χ2v) is 15.0. The fourth-order valence-electron chi connectivity index (χ4n) is 7.44. The molecule has 3 heteroatoms. The van der Waals surface area contributed by atoms with Gasteiger partial charge in [0.25, 0.3) is 0 Å². The van der Waals surface area contributed by atoms with E-state index in [-0.39, 0.29) is 0 Å². The fourth-order valence-corrected chi connectivity index (χ4v) is 9.79. The summed E-state index contributed by atoms with van der Waals surface area (Å²) in [6.45, 7) is 0. The van der Waals surface area contributed by atoms with E-state index in [4.69, 9.17) is 0 Å². The van der Waals surface area contributed by atoms with E-state index in [1.807, 2.05) is 22.7 Å². The van der Waals surface area contributed by atoms with Crippen LogP contribution >= 0.6 is 22.7 Å². The van der Waals surface area contributed by atoms with Gasteiger partial charge in [-0.25, -0.2) is 0 Å². The lowest BCUT2D eigenvalue weighted by molar-refractivity contribution is 1.30. The Bertz CT molecular complexity index is 2850. The number of hydrogen-bond donors (Lipinski definition) is 0. The van der Waals surface area contributed by atoms with Crippen LogP contribution in [0, 0.1) is 0 Å². The maximum atomic E-state index is 2.45. The molecule has 0 bridgehead atoms. The molecule has 0 saturated carbocycles. The van der Waals surface area contributed by atoms with Crippen molar-refractivity contribution < 1.29 is 0 Å². The first kappa shape index (κ1) is 29.9. The van der Waals surface area contributed by atoms with E-state index in [1.165, 1.54) is 79.4 Å².